The molecule has 2 atom stereocenters. The van der Waals surface area contributed by atoms with Gasteiger partial charge in [0.25, 0.3) is 0 Å². The summed E-state index contributed by atoms with van der Waals surface area (Å²) in [7, 11) is 1.75. The minimum atomic E-state index is 0.263. The van der Waals surface area contributed by atoms with Crippen LogP contribution in [0.15, 0.2) is 60.8 Å². The van der Waals surface area contributed by atoms with E-state index in [-0.39, 0.29) is 5.92 Å². The van der Waals surface area contributed by atoms with Gasteiger partial charge in [-0.15, -0.1) is 0 Å². The number of nitrogens with one attached hydrogen (secondary N) is 1. The molecule has 1 saturated heterocycles. The number of anilines is 1. The molecule has 162 valence electrons. The second-order valence-corrected chi connectivity index (χ2v) is 8.58. The maximum atomic E-state index is 6.89. The molecule has 0 bridgehead atoms. The van der Waals surface area contributed by atoms with Crippen LogP contribution in [-0.2, 0) is 11.2 Å². The molecule has 5 heteroatoms. The zero-order valence-corrected chi connectivity index (χ0v) is 18.7. The van der Waals surface area contributed by atoms with Crippen LogP contribution in [-0.4, -0.2) is 31.8 Å². The fraction of sp³-hybridized carbons (Fsp3) is 0.346. The lowest BCUT2D eigenvalue weighted by atomic mass is 9.77. The zero-order chi connectivity index (χ0) is 21.6. The van der Waals surface area contributed by atoms with Gasteiger partial charge in [-0.05, 0) is 71.7 Å². The molecule has 0 spiro atoms. The molecule has 0 saturated carbocycles. The van der Waals surface area contributed by atoms with Crippen LogP contribution < -0.4 is 11.1 Å². The first-order chi connectivity index (χ1) is 15.2. The van der Waals surface area contributed by atoms with Gasteiger partial charge in [-0.3, -0.25) is 0 Å². The zero-order valence-electron chi connectivity index (χ0n) is 18.0. The fourth-order valence-electron chi connectivity index (χ4n) is 4.72. The molecule has 3 aromatic rings. The molecule has 0 amide bonds. The number of nitrogens with two attached hydrogens (primary N) is 1. The number of nitrogen functional groups attached to an aromatic ring is 1. The SMILES string of the molecule is COCCCc1ccccc1-c1ccc([C@H]2CNCC[C@@H]2c2cccnc2N)c(Cl)c1. The third kappa shape index (κ3) is 4.93. The Morgan fingerprint density at radius 1 is 1.10 bits per heavy atom. The fourth-order valence-corrected chi connectivity index (χ4v) is 5.04. The van der Waals surface area contributed by atoms with Gasteiger partial charge < -0.3 is 15.8 Å². The summed E-state index contributed by atoms with van der Waals surface area (Å²) in [5.41, 5.74) is 12.2. The van der Waals surface area contributed by atoms with Crippen molar-refractivity contribution < 1.29 is 4.74 Å². The van der Waals surface area contributed by atoms with Gasteiger partial charge >= 0.3 is 0 Å². The summed E-state index contributed by atoms with van der Waals surface area (Å²) in [4.78, 5) is 4.31. The van der Waals surface area contributed by atoms with Gasteiger partial charge in [-0.1, -0.05) is 54.1 Å². The van der Waals surface area contributed by atoms with Crippen LogP contribution in [0.5, 0.6) is 0 Å². The average molecular weight is 436 g/mol. The van der Waals surface area contributed by atoms with E-state index in [0.29, 0.717) is 11.7 Å². The molecule has 4 rings (SSSR count). The van der Waals surface area contributed by atoms with E-state index >= 15 is 0 Å². The molecule has 0 radical (unpaired) electrons. The number of hydrogen-bond acceptors (Lipinski definition) is 4. The Morgan fingerprint density at radius 3 is 2.77 bits per heavy atom. The standard InChI is InChI=1S/C26H30ClN3O/c1-31-15-5-7-18-6-2-3-8-20(18)19-10-11-22(25(27)16-19)24-17-29-14-12-21(24)23-9-4-13-30-26(23)28/h2-4,6,8-11,13,16,21,24,29H,5,7,12,14-15,17H2,1H3,(H2,28,30)/t21-,24+/m1/s1. The van der Waals surface area contributed by atoms with Crippen LogP contribution in [0.2, 0.25) is 5.02 Å². The van der Waals surface area contributed by atoms with Gasteiger partial charge in [-0.2, -0.15) is 0 Å². The quantitative estimate of drug-likeness (QED) is 0.486. The van der Waals surface area contributed by atoms with Crippen LogP contribution in [0.3, 0.4) is 0 Å². The first-order valence-electron chi connectivity index (χ1n) is 11.0. The van der Waals surface area contributed by atoms with E-state index in [0.717, 1.165) is 55.1 Å². The lowest BCUT2D eigenvalue weighted by molar-refractivity contribution is 0.195. The van der Waals surface area contributed by atoms with Crippen LogP contribution in [0, 0.1) is 0 Å². The predicted octanol–water partition coefficient (Wildman–Crippen LogP) is 5.42. The van der Waals surface area contributed by atoms with Crippen molar-refractivity contribution in [2.75, 3.05) is 32.5 Å². The Morgan fingerprint density at radius 2 is 1.97 bits per heavy atom. The number of piperidine rings is 1. The van der Waals surface area contributed by atoms with E-state index in [1.54, 1.807) is 13.3 Å². The van der Waals surface area contributed by atoms with Gasteiger partial charge in [0.1, 0.15) is 5.82 Å². The highest BCUT2D eigenvalue weighted by molar-refractivity contribution is 6.31. The summed E-state index contributed by atoms with van der Waals surface area (Å²) >= 11 is 6.89. The second-order valence-electron chi connectivity index (χ2n) is 8.17. The molecule has 2 heterocycles. The molecule has 2 aromatic carbocycles. The van der Waals surface area contributed by atoms with Crippen molar-refractivity contribution in [2.45, 2.75) is 31.1 Å². The molecule has 1 aliphatic rings. The number of aromatic nitrogens is 1. The summed E-state index contributed by atoms with van der Waals surface area (Å²) in [5.74, 6) is 1.19. The maximum absolute atomic E-state index is 6.89. The first-order valence-corrected chi connectivity index (χ1v) is 11.3. The molecule has 1 aromatic heterocycles. The van der Waals surface area contributed by atoms with Crippen molar-refractivity contribution in [1.29, 1.82) is 0 Å². The maximum Gasteiger partial charge on any atom is 0.126 e. The van der Waals surface area contributed by atoms with Crippen molar-refractivity contribution in [1.82, 2.24) is 10.3 Å². The molecule has 1 aliphatic heterocycles. The highest BCUT2D eigenvalue weighted by Crippen LogP contribution is 2.42. The smallest absolute Gasteiger partial charge is 0.126 e. The van der Waals surface area contributed by atoms with Gasteiger partial charge in [0, 0.05) is 37.4 Å². The summed E-state index contributed by atoms with van der Waals surface area (Å²) in [6.07, 6.45) is 4.75. The van der Waals surface area contributed by atoms with Gasteiger partial charge in [-0.25, -0.2) is 4.98 Å². The Balaban J connectivity index is 1.64. The lowest BCUT2D eigenvalue weighted by Crippen LogP contribution is -2.34. The monoisotopic (exact) mass is 435 g/mol. The minimum Gasteiger partial charge on any atom is -0.385 e. The Kier molecular flexibility index (Phi) is 7.23. The minimum absolute atomic E-state index is 0.263. The third-order valence-electron chi connectivity index (χ3n) is 6.28. The Hall–Kier alpha value is -2.40. The average Bonchev–Trinajstić information content (AvgIpc) is 2.80. The normalized spacial score (nSPS) is 18.8. The van der Waals surface area contributed by atoms with E-state index in [4.69, 9.17) is 22.1 Å². The Bertz CT molecular complexity index is 1020. The Labute approximate surface area is 189 Å². The number of benzene rings is 2. The highest BCUT2D eigenvalue weighted by atomic mass is 35.5. The number of ether oxygens (including phenoxy) is 1. The van der Waals surface area contributed by atoms with E-state index in [1.807, 2.05) is 6.07 Å². The largest absolute Gasteiger partial charge is 0.385 e. The molecule has 0 aliphatic carbocycles. The number of nitrogens with zero attached hydrogens (tertiary/aromatic N) is 1. The highest BCUT2D eigenvalue weighted by Gasteiger charge is 2.30. The number of rotatable bonds is 7. The molecule has 0 unspecified atom stereocenters. The topological polar surface area (TPSA) is 60.2 Å². The van der Waals surface area contributed by atoms with Crippen LogP contribution in [0.25, 0.3) is 11.1 Å². The van der Waals surface area contributed by atoms with Gasteiger partial charge in [0.15, 0.2) is 0 Å². The number of halogens is 1. The summed E-state index contributed by atoms with van der Waals surface area (Å²) in [5, 5.41) is 4.34. The van der Waals surface area contributed by atoms with Crippen molar-refractivity contribution >= 4 is 17.4 Å². The van der Waals surface area contributed by atoms with Crippen molar-refractivity contribution in [2.24, 2.45) is 0 Å². The third-order valence-corrected chi connectivity index (χ3v) is 6.60. The molecule has 31 heavy (non-hydrogen) atoms. The van der Waals surface area contributed by atoms with E-state index in [1.165, 1.54) is 16.7 Å². The number of methoxy groups -OCH3 is 1. The molecular formula is C26H30ClN3O. The molecule has 4 nitrogen and oxygen atoms in total. The van der Waals surface area contributed by atoms with Gasteiger partial charge in [0.2, 0.25) is 0 Å². The number of aryl methyl sites for hydroxylation is 1. The number of pyridine rings is 1. The van der Waals surface area contributed by atoms with Crippen LogP contribution in [0.1, 0.15) is 41.4 Å². The summed E-state index contributed by atoms with van der Waals surface area (Å²) < 4.78 is 5.23. The predicted molar refractivity (Wildman–Crippen MR) is 129 cm³/mol. The van der Waals surface area contributed by atoms with Gasteiger partial charge in [0.05, 0.1) is 0 Å². The van der Waals surface area contributed by atoms with E-state index in [9.17, 15) is 0 Å². The van der Waals surface area contributed by atoms with Crippen molar-refractivity contribution in [3.63, 3.8) is 0 Å². The van der Waals surface area contributed by atoms with Crippen LogP contribution >= 0.6 is 11.6 Å². The summed E-state index contributed by atoms with van der Waals surface area (Å²) in [6, 6.07) is 19.1. The van der Waals surface area contributed by atoms with Crippen molar-refractivity contribution in [3.8, 4) is 11.1 Å². The van der Waals surface area contributed by atoms with Crippen LogP contribution in [0.4, 0.5) is 5.82 Å². The lowest BCUT2D eigenvalue weighted by Gasteiger charge is -2.34. The summed E-state index contributed by atoms with van der Waals surface area (Å²) in [6.45, 7) is 2.62. The van der Waals surface area contributed by atoms with Crippen molar-refractivity contribution in [3.05, 3.63) is 82.5 Å². The molecule has 3 N–H and O–H groups in total. The number of hydrogen-bond donors (Lipinski definition) is 2. The second kappa shape index (κ2) is 10.3. The first kappa shape index (κ1) is 21.8. The van der Waals surface area contributed by atoms with E-state index < -0.39 is 0 Å². The molecule has 1 fully saturated rings. The van der Waals surface area contributed by atoms with E-state index in [2.05, 4.69) is 58.8 Å². The molecular weight excluding hydrogens is 406 g/mol.